The fraction of sp³-hybridized carbons (Fsp3) is 0.154. The van der Waals surface area contributed by atoms with Crippen LogP contribution in [0.15, 0.2) is 30.3 Å². The Bertz CT molecular complexity index is 565. The number of aryl methyl sites for hydroxylation is 2. The van der Waals surface area contributed by atoms with Crippen LogP contribution in [-0.4, -0.2) is 15.6 Å². The van der Waals surface area contributed by atoms with E-state index in [1.807, 2.05) is 30.5 Å². The first-order chi connectivity index (χ1) is 8.00. The predicted octanol–water partition coefficient (Wildman–Crippen LogP) is 1.87. The number of aromatic nitrogens is 1. The van der Waals surface area contributed by atoms with Gasteiger partial charge < -0.3 is 14.8 Å². The fourth-order valence-corrected chi connectivity index (χ4v) is 1.90. The highest BCUT2D eigenvalue weighted by Gasteiger charge is 2.07. The molecule has 17 heavy (non-hydrogen) atoms. The highest BCUT2D eigenvalue weighted by Crippen LogP contribution is 2.22. The van der Waals surface area contributed by atoms with Gasteiger partial charge in [-0.1, -0.05) is 5.75 Å². The predicted molar refractivity (Wildman–Crippen MR) is 61.6 cm³/mol. The van der Waals surface area contributed by atoms with Crippen LogP contribution in [0.5, 0.6) is 5.75 Å². The van der Waals surface area contributed by atoms with Gasteiger partial charge >= 0.3 is 5.97 Å². The molecule has 0 spiro atoms. The number of benzene rings is 1. The smallest absolute Gasteiger partial charge is 0.335 e. The number of carboxylic acids is 1. The zero-order valence-corrected chi connectivity index (χ0v) is 9.60. The lowest BCUT2D eigenvalue weighted by Gasteiger charge is -2.15. The molecule has 4 nitrogen and oxygen atoms in total. The number of nitrogens with zero attached hydrogens (tertiary/aromatic N) is 1. The molecule has 2 rings (SSSR count). The number of hydrogen-bond donors (Lipinski definition) is 1. The summed E-state index contributed by atoms with van der Waals surface area (Å²) in [5.41, 5.74) is 2.51. The van der Waals surface area contributed by atoms with Crippen LogP contribution in [0.4, 0.5) is 0 Å². The SMILES string of the molecule is Cc1ccc(C)n1-c1ccc(C(=O)O)c([O-])c1. The van der Waals surface area contributed by atoms with Gasteiger partial charge in [0.05, 0.1) is 5.56 Å². The molecule has 1 aromatic heterocycles. The largest absolute Gasteiger partial charge is 0.872 e. The molecular formula is C13H12NO3-. The van der Waals surface area contributed by atoms with E-state index in [0.717, 1.165) is 11.4 Å². The van der Waals surface area contributed by atoms with Gasteiger partial charge in [-0.15, -0.1) is 0 Å². The molecule has 0 aliphatic carbocycles. The van der Waals surface area contributed by atoms with E-state index in [4.69, 9.17) is 5.11 Å². The normalized spacial score (nSPS) is 10.5. The molecule has 0 aliphatic rings. The van der Waals surface area contributed by atoms with Crippen LogP contribution >= 0.6 is 0 Å². The average molecular weight is 230 g/mol. The third kappa shape index (κ3) is 1.89. The van der Waals surface area contributed by atoms with Crippen LogP contribution in [0.3, 0.4) is 0 Å². The minimum atomic E-state index is -1.19. The Morgan fingerprint density at radius 3 is 2.24 bits per heavy atom. The minimum Gasteiger partial charge on any atom is -0.872 e. The van der Waals surface area contributed by atoms with E-state index in [1.54, 1.807) is 6.07 Å². The Morgan fingerprint density at radius 2 is 1.76 bits per heavy atom. The molecule has 4 heteroatoms. The van der Waals surface area contributed by atoms with Crippen LogP contribution < -0.4 is 5.11 Å². The second-order valence-electron chi connectivity index (χ2n) is 3.94. The summed E-state index contributed by atoms with van der Waals surface area (Å²) in [6, 6.07) is 8.24. The van der Waals surface area contributed by atoms with Crippen molar-refractivity contribution in [3.63, 3.8) is 0 Å². The van der Waals surface area contributed by atoms with Crippen molar-refractivity contribution in [1.29, 1.82) is 0 Å². The quantitative estimate of drug-likeness (QED) is 0.856. The van der Waals surface area contributed by atoms with Gasteiger partial charge in [-0.3, -0.25) is 0 Å². The Hall–Kier alpha value is -2.23. The molecular weight excluding hydrogens is 218 g/mol. The summed E-state index contributed by atoms with van der Waals surface area (Å²) in [7, 11) is 0. The first kappa shape index (κ1) is 11.3. The van der Waals surface area contributed by atoms with Crippen LogP contribution in [0, 0.1) is 13.8 Å². The number of aromatic carboxylic acids is 1. The molecule has 0 aliphatic heterocycles. The molecule has 1 heterocycles. The van der Waals surface area contributed by atoms with Crippen LogP contribution in [-0.2, 0) is 0 Å². The summed E-state index contributed by atoms with van der Waals surface area (Å²) in [6.07, 6.45) is 0. The van der Waals surface area contributed by atoms with Crippen LogP contribution in [0.2, 0.25) is 0 Å². The van der Waals surface area contributed by atoms with Gasteiger partial charge in [0.2, 0.25) is 0 Å². The van der Waals surface area contributed by atoms with E-state index in [1.165, 1.54) is 12.1 Å². The Morgan fingerprint density at radius 1 is 1.18 bits per heavy atom. The molecule has 2 aromatic rings. The van der Waals surface area contributed by atoms with Gasteiger partial charge in [-0.25, -0.2) is 4.79 Å². The van der Waals surface area contributed by atoms with E-state index in [-0.39, 0.29) is 5.56 Å². The van der Waals surface area contributed by atoms with E-state index in [9.17, 15) is 9.90 Å². The summed E-state index contributed by atoms with van der Waals surface area (Å²) < 4.78 is 1.91. The number of carboxylic acid groups (broad SMARTS) is 1. The van der Waals surface area contributed by atoms with Gasteiger partial charge in [0.15, 0.2) is 0 Å². The van der Waals surface area contributed by atoms with Crippen LogP contribution in [0.25, 0.3) is 5.69 Å². The minimum absolute atomic E-state index is 0.198. The van der Waals surface area contributed by atoms with Gasteiger partial charge in [0.1, 0.15) is 0 Å². The second kappa shape index (κ2) is 3.97. The Balaban J connectivity index is 2.56. The molecule has 0 bridgehead atoms. The standard InChI is InChI=1S/C13H13NO3/c1-8-3-4-9(2)14(8)10-5-6-11(13(16)17)12(15)7-10/h3-7,15H,1-2H3,(H,16,17)/p-1. The molecule has 0 saturated carbocycles. The number of rotatable bonds is 2. The molecule has 0 fully saturated rings. The molecule has 0 atom stereocenters. The summed E-state index contributed by atoms with van der Waals surface area (Å²) >= 11 is 0. The maximum absolute atomic E-state index is 11.6. The first-order valence-corrected chi connectivity index (χ1v) is 5.20. The van der Waals surface area contributed by atoms with Crippen molar-refractivity contribution in [2.45, 2.75) is 13.8 Å². The van der Waals surface area contributed by atoms with Gasteiger partial charge in [-0.05, 0) is 44.2 Å². The lowest BCUT2D eigenvalue weighted by atomic mass is 10.2. The Kier molecular flexibility index (Phi) is 2.63. The second-order valence-corrected chi connectivity index (χ2v) is 3.94. The van der Waals surface area contributed by atoms with Crippen molar-refractivity contribution in [2.24, 2.45) is 0 Å². The van der Waals surface area contributed by atoms with Crippen molar-refractivity contribution in [2.75, 3.05) is 0 Å². The maximum atomic E-state index is 11.6. The lowest BCUT2D eigenvalue weighted by molar-refractivity contribution is -0.268. The molecule has 0 saturated heterocycles. The van der Waals surface area contributed by atoms with E-state index < -0.39 is 11.7 Å². The first-order valence-electron chi connectivity index (χ1n) is 5.20. The Labute approximate surface area is 98.8 Å². The summed E-state index contributed by atoms with van der Waals surface area (Å²) in [5, 5.41) is 20.4. The van der Waals surface area contributed by atoms with E-state index in [2.05, 4.69) is 0 Å². The summed E-state index contributed by atoms with van der Waals surface area (Å²) in [5.74, 6) is -1.66. The molecule has 0 unspecified atom stereocenters. The highest BCUT2D eigenvalue weighted by molar-refractivity contribution is 5.90. The summed E-state index contributed by atoms with van der Waals surface area (Å²) in [4.78, 5) is 10.7. The van der Waals surface area contributed by atoms with Gasteiger partial charge in [0.25, 0.3) is 0 Å². The van der Waals surface area contributed by atoms with Crippen molar-refractivity contribution < 1.29 is 15.0 Å². The molecule has 88 valence electrons. The molecule has 1 aromatic carbocycles. The summed E-state index contributed by atoms with van der Waals surface area (Å²) in [6.45, 7) is 3.87. The monoisotopic (exact) mass is 230 g/mol. The fourth-order valence-electron chi connectivity index (χ4n) is 1.90. The van der Waals surface area contributed by atoms with Crippen molar-refractivity contribution in [3.8, 4) is 11.4 Å². The lowest BCUT2D eigenvalue weighted by Crippen LogP contribution is -2.06. The van der Waals surface area contributed by atoms with Crippen LogP contribution in [0.1, 0.15) is 21.7 Å². The van der Waals surface area contributed by atoms with Crippen molar-refractivity contribution in [1.82, 2.24) is 4.57 Å². The van der Waals surface area contributed by atoms with E-state index >= 15 is 0 Å². The topological polar surface area (TPSA) is 65.3 Å². The number of carbonyl (C=O) groups is 1. The molecule has 0 radical (unpaired) electrons. The molecule has 1 N–H and O–H groups in total. The highest BCUT2D eigenvalue weighted by atomic mass is 16.4. The zero-order valence-electron chi connectivity index (χ0n) is 9.60. The molecule has 0 amide bonds. The van der Waals surface area contributed by atoms with Gasteiger partial charge in [-0.2, -0.15) is 0 Å². The third-order valence-corrected chi connectivity index (χ3v) is 2.72. The average Bonchev–Trinajstić information content (AvgIpc) is 2.58. The van der Waals surface area contributed by atoms with Gasteiger partial charge in [0, 0.05) is 17.1 Å². The maximum Gasteiger partial charge on any atom is 0.335 e. The third-order valence-electron chi connectivity index (χ3n) is 2.72. The number of hydrogen-bond acceptors (Lipinski definition) is 2. The van der Waals surface area contributed by atoms with Crippen molar-refractivity contribution in [3.05, 3.63) is 47.3 Å². The van der Waals surface area contributed by atoms with E-state index in [0.29, 0.717) is 5.69 Å². The van der Waals surface area contributed by atoms with Crippen molar-refractivity contribution >= 4 is 5.97 Å². The zero-order chi connectivity index (χ0) is 12.6.